The van der Waals surface area contributed by atoms with Crippen molar-refractivity contribution in [2.45, 2.75) is 32.7 Å². The van der Waals surface area contributed by atoms with Gasteiger partial charge in [0.15, 0.2) is 0 Å². The molecule has 1 saturated heterocycles. The van der Waals surface area contributed by atoms with Crippen LogP contribution in [0.1, 0.15) is 42.3 Å². The molecule has 1 aliphatic rings. The molecule has 130 valence electrons. The van der Waals surface area contributed by atoms with E-state index in [9.17, 15) is 14.7 Å². The quantitative estimate of drug-likeness (QED) is 0.498. The van der Waals surface area contributed by atoms with Crippen LogP contribution in [0, 0.1) is 0 Å². The number of thiophene rings is 1. The van der Waals surface area contributed by atoms with E-state index in [2.05, 4.69) is 6.92 Å². The van der Waals surface area contributed by atoms with Crippen LogP contribution in [0.25, 0.3) is 5.76 Å². The van der Waals surface area contributed by atoms with Crippen molar-refractivity contribution in [3.8, 4) is 0 Å². The number of aliphatic hydroxyl groups is 1. The number of nitrogens with zero attached hydrogens (tertiary/aromatic N) is 1. The Morgan fingerprint density at radius 2 is 1.88 bits per heavy atom. The van der Waals surface area contributed by atoms with Gasteiger partial charge in [-0.05, 0) is 29.9 Å². The predicted molar refractivity (Wildman–Crippen MR) is 99.4 cm³/mol. The highest BCUT2D eigenvalue weighted by Crippen LogP contribution is 2.41. The summed E-state index contributed by atoms with van der Waals surface area (Å²) < 4.78 is 0. The Bertz CT molecular complexity index is 806. The van der Waals surface area contributed by atoms with Crippen molar-refractivity contribution in [3.63, 3.8) is 0 Å². The lowest BCUT2D eigenvalue weighted by Gasteiger charge is -2.23. The first-order chi connectivity index (χ1) is 12.1. The molecular formula is C20H21NO3S. The smallest absolute Gasteiger partial charge is 0.295 e. The average molecular weight is 355 g/mol. The molecule has 0 radical (unpaired) electrons. The molecule has 0 aliphatic carbocycles. The van der Waals surface area contributed by atoms with Crippen LogP contribution in [0.15, 0.2) is 47.4 Å². The first-order valence-corrected chi connectivity index (χ1v) is 9.37. The number of benzene rings is 1. The summed E-state index contributed by atoms with van der Waals surface area (Å²) in [5, 5.41) is 12.7. The van der Waals surface area contributed by atoms with Gasteiger partial charge in [0.2, 0.25) is 0 Å². The summed E-state index contributed by atoms with van der Waals surface area (Å²) in [4.78, 5) is 27.6. The fraction of sp³-hybridized carbons (Fsp3) is 0.300. The maximum absolute atomic E-state index is 12.6. The number of hydrogen-bond acceptors (Lipinski definition) is 4. The Labute approximate surface area is 151 Å². The Kier molecular flexibility index (Phi) is 5.04. The van der Waals surface area contributed by atoms with Gasteiger partial charge in [0.05, 0.1) is 11.6 Å². The minimum absolute atomic E-state index is 0.0991. The third kappa shape index (κ3) is 3.12. The minimum atomic E-state index is -0.607. The highest BCUT2D eigenvalue weighted by Gasteiger charge is 2.46. The van der Waals surface area contributed by atoms with E-state index in [1.165, 1.54) is 11.3 Å². The molecule has 5 heteroatoms. The highest BCUT2D eigenvalue weighted by atomic mass is 32.1. The molecule has 1 atom stereocenters. The van der Waals surface area contributed by atoms with Gasteiger partial charge in [0.25, 0.3) is 11.7 Å². The third-order valence-corrected chi connectivity index (χ3v) is 5.38. The van der Waals surface area contributed by atoms with Gasteiger partial charge in [0, 0.05) is 17.0 Å². The first kappa shape index (κ1) is 17.4. The van der Waals surface area contributed by atoms with E-state index in [1.54, 1.807) is 17.0 Å². The van der Waals surface area contributed by atoms with Crippen LogP contribution in [0.2, 0.25) is 0 Å². The summed E-state index contributed by atoms with van der Waals surface area (Å²) in [7, 11) is 0. The number of Topliss-reactive ketones (excluding diaryl/α,β-unsaturated/α-hetero) is 1. The van der Waals surface area contributed by atoms with Crippen molar-refractivity contribution in [1.82, 2.24) is 4.90 Å². The average Bonchev–Trinajstić information content (AvgIpc) is 3.24. The molecule has 1 aliphatic heterocycles. The topological polar surface area (TPSA) is 57.6 Å². The van der Waals surface area contributed by atoms with Gasteiger partial charge in [-0.3, -0.25) is 9.59 Å². The molecule has 1 amide bonds. The van der Waals surface area contributed by atoms with E-state index in [0.29, 0.717) is 12.1 Å². The molecule has 1 aromatic heterocycles. The highest BCUT2D eigenvalue weighted by molar-refractivity contribution is 7.10. The molecule has 1 fully saturated rings. The van der Waals surface area contributed by atoms with Gasteiger partial charge >= 0.3 is 0 Å². The molecule has 1 N–H and O–H groups in total. The van der Waals surface area contributed by atoms with Gasteiger partial charge < -0.3 is 10.0 Å². The summed E-state index contributed by atoms with van der Waals surface area (Å²) in [5.41, 5.74) is 1.90. The number of carbonyl (C=O) groups excluding carboxylic acids is 2. The maximum Gasteiger partial charge on any atom is 0.295 e. The predicted octanol–water partition coefficient (Wildman–Crippen LogP) is 4.14. The van der Waals surface area contributed by atoms with E-state index in [0.717, 1.165) is 23.3 Å². The molecule has 2 heterocycles. The second kappa shape index (κ2) is 7.23. The van der Waals surface area contributed by atoms with Crippen molar-refractivity contribution >= 4 is 28.8 Å². The van der Waals surface area contributed by atoms with Crippen molar-refractivity contribution < 1.29 is 14.7 Å². The van der Waals surface area contributed by atoms with Crippen molar-refractivity contribution in [2.24, 2.45) is 0 Å². The number of rotatable bonds is 5. The second-order valence-corrected chi connectivity index (χ2v) is 7.04. The molecule has 0 saturated carbocycles. The SMILES string of the molecule is CCCN1C(=O)C(=O)/C(=C(\O)c2ccc(CC)cc2)C1c1cccs1. The molecule has 3 rings (SSSR count). The molecule has 1 aromatic carbocycles. The summed E-state index contributed by atoms with van der Waals surface area (Å²) in [6.07, 6.45) is 1.65. The second-order valence-electron chi connectivity index (χ2n) is 6.06. The van der Waals surface area contributed by atoms with Crippen LogP contribution in [0.3, 0.4) is 0 Å². The first-order valence-electron chi connectivity index (χ1n) is 8.49. The maximum atomic E-state index is 12.6. The van der Waals surface area contributed by atoms with Crippen molar-refractivity contribution in [2.75, 3.05) is 6.54 Å². The largest absolute Gasteiger partial charge is 0.507 e. The fourth-order valence-electron chi connectivity index (χ4n) is 3.15. The van der Waals surface area contributed by atoms with Gasteiger partial charge in [-0.2, -0.15) is 0 Å². The van der Waals surface area contributed by atoms with Crippen LogP contribution >= 0.6 is 11.3 Å². The Morgan fingerprint density at radius 1 is 1.16 bits per heavy atom. The van der Waals surface area contributed by atoms with Gasteiger partial charge in [-0.1, -0.05) is 44.2 Å². The lowest BCUT2D eigenvalue weighted by Crippen LogP contribution is -2.30. The van der Waals surface area contributed by atoms with Crippen LogP contribution in [0.5, 0.6) is 0 Å². The van der Waals surface area contributed by atoms with Crippen LogP contribution in [-0.4, -0.2) is 28.2 Å². The third-order valence-electron chi connectivity index (χ3n) is 4.45. The fourth-order valence-corrected chi connectivity index (χ4v) is 3.99. The van der Waals surface area contributed by atoms with E-state index in [4.69, 9.17) is 0 Å². The standard InChI is InChI=1S/C20H21NO3S/c1-3-11-21-17(15-6-5-12-25-15)16(19(23)20(21)24)18(22)14-9-7-13(4-2)8-10-14/h5-10,12,17,22H,3-4,11H2,1-2H3/b18-16-. The summed E-state index contributed by atoms with van der Waals surface area (Å²) in [6, 6.07) is 10.7. The Balaban J connectivity index is 2.12. The van der Waals surface area contributed by atoms with E-state index in [1.807, 2.05) is 36.6 Å². The zero-order chi connectivity index (χ0) is 18.0. The number of aryl methyl sites for hydroxylation is 1. The molecule has 1 unspecified atom stereocenters. The number of ketones is 1. The molecule has 2 aromatic rings. The zero-order valence-electron chi connectivity index (χ0n) is 14.4. The number of amides is 1. The number of hydrogen-bond donors (Lipinski definition) is 1. The minimum Gasteiger partial charge on any atom is -0.507 e. The van der Waals surface area contributed by atoms with Crippen LogP contribution in [0.4, 0.5) is 0 Å². The Morgan fingerprint density at radius 3 is 2.44 bits per heavy atom. The van der Waals surface area contributed by atoms with Gasteiger partial charge in [-0.15, -0.1) is 11.3 Å². The van der Waals surface area contributed by atoms with Crippen molar-refractivity contribution in [1.29, 1.82) is 0 Å². The monoisotopic (exact) mass is 355 g/mol. The number of carbonyl (C=O) groups is 2. The molecule has 0 spiro atoms. The lowest BCUT2D eigenvalue weighted by molar-refractivity contribution is -0.139. The van der Waals surface area contributed by atoms with Crippen molar-refractivity contribution in [3.05, 3.63) is 63.4 Å². The molecule has 0 bridgehead atoms. The molecule has 25 heavy (non-hydrogen) atoms. The summed E-state index contributed by atoms with van der Waals surface area (Å²) >= 11 is 1.48. The van der Waals surface area contributed by atoms with E-state index < -0.39 is 17.7 Å². The van der Waals surface area contributed by atoms with E-state index in [-0.39, 0.29) is 11.3 Å². The van der Waals surface area contributed by atoms with Crippen LogP contribution in [-0.2, 0) is 16.0 Å². The molecule has 4 nitrogen and oxygen atoms in total. The summed E-state index contributed by atoms with van der Waals surface area (Å²) in [5.74, 6) is -1.24. The zero-order valence-corrected chi connectivity index (χ0v) is 15.2. The molecular weight excluding hydrogens is 334 g/mol. The Hall–Kier alpha value is -2.40. The van der Waals surface area contributed by atoms with E-state index >= 15 is 0 Å². The number of aliphatic hydroxyl groups excluding tert-OH is 1. The summed E-state index contributed by atoms with van der Waals surface area (Å²) in [6.45, 7) is 4.51. The van der Waals surface area contributed by atoms with Gasteiger partial charge in [-0.25, -0.2) is 0 Å². The normalized spacial score (nSPS) is 19.6. The van der Waals surface area contributed by atoms with Crippen LogP contribution < -0.4 is 0 Å². The number of likely N-dealkylation sites (tertiary alicyclic amines) is 1. The van der Waals surface area contributed by atoms with Gasteiger partial charge in [0.1, 0.15) is 5.76 Å². The lowest BCUT2D eigenvalue weighted by atomic mass is 9.99.